The third kappa shape index (κ3) is 5.11. The molecule has 0 aliphatic heterocycles. The lowest BCUT2D eigenvalue weighted by atomic mass is 9.86. The predicted octanol–water partition coefficient (Wildman–Crippen LogP) is 6.20. The number of furan rings is 1. The van der Waals surface area contributed by atoms with Crippen LogP contribution in [0, 0.1) is 18.3 Å². The van der Waals surface area contributed by atoms with E-state index in [1.165, 1.54) is 0 Å². The molecule has 1 N–H and O–H groups in total. The summed E-state index contributed by atoms with van der Waals surface area (Å²) in [6, 6.07) is 17.1. The molecule has 1 aromatic heterocycles. The number of halogens is 1. The number of amides is 1. The van der Waals surface area contributed by atoms with Crippen LogP contribution in [0.15, 0.2) is 57.4 Å². The highest BCUT2D eigenvalue weighted by molar-refractivity contribution is 9.10. The number of ether oxygens (including phenoxy) is 1. The van der Waals surface area contributed by atoms with Crippen LogP contribution in [0.2, 0.25) is 0 Å². The predicted molar refractivity (Wildman–Crippen MR) is 121 cm³/mol. The molecule has 0 bridgehead atoms. The normalized spacial score (nSPS) is 11.1. The average molecular weight is 467 g/mol. The Kier molecular flexibility index (Phi) is 6.33. The molecular formula is C24H23BrN2O3. The van der Waals surface area contributed by atoms with Crippen LogP contribution < -0.4 is 10.1 Å². The summed E-state index contributed by atoms with van der Waals surface area (Å²) < 4.78 is 12.5. The zero-order valence-electron chi connectivity index (χ0n) is 17.4. The summed E-state index contributed by atoms with van der Waals surface area (Å²) in [4.78, 5) is 12.5. The molecule has 0 aliphatic carbocycles. The Balaban J connectivity index is 1.73. The average Bonchev–Trinajstić information content (AvgIpc) is 3.09. The first kappa shape index (κ1) is 21.7. The lowest BCUT2D eigenvalue weighted by molar-refractivity contribution is -0.118. The lowest BCUT2D eigenvalue weighted by Gasteiger charge is -2.23. The van der Waals surface area contributed by atoms with Gasteiger partial charge in [-0.15, -0.1) is 0 Å². The third-order valence-electron chi connectivity index (χ3n) is 4.55. The highest BCUT2D eigenvalue weighted by Gasteiger charge is 2.21. The number of aryl methyl sites for hydroxylation is 1. The second-order valence-corrected chi connectivity index (χ2v) is 8.97. The molecule has 5 nitrogen and oxygen atoms in total. The Labute approximate surface area is 184 Å². The smallest absolute Gasteiger partial charge is 0.264 e. The highest BCUT2D eigenvalue weighted by Crippen LogP contribution is 2.34. The van der Waals surface area contributed by atoms with Crippen molar-refractivity contribution in [2.75, 3.05) is 11.9 Å². The van der Waals surface area contributed by atoms with Gasteiger partial charge in [0.1, 0.15) is 23.1 Å². The van der Waals surface area contributed by atoms with Crippen molar-refractivity contribution in [3.8, 4) is 23.1 Å². The fourth-order valence-electron chi connectivity index (χ4n) is 2.95. The summed E-state index contributed by atoms with van der Waals surface area (Å²) in [5.41, 5.74) is 3.06. The minimum atomic E-state index is -0.404. The van der Waals surface area contributed by atoms with E-state index in [1.54, 1.807) is 6.07 Å². The van der Waals surface area contributed by atoms with E-state index in [4.69, 9.17) is 9.15 Å². The van der Waals surface area contributed by atoms with Gasteiger partial charge in [0.25, 0.3) is 5.91 Å². The molecule has 0 unspecified atom stereocenters. The molecule has 2 aromatic carbocycles. The molecule has 0 saturated heterocycles. The van der Waals surface area contributed by atoms with E-state index < -0.39 is 5.91 Å². The minimum Gasteiger partial charge on any atom is -0.483 e. The summed E-state index contributed by atoms with van der Waals surface area (Å²) in [5.74, 6) is 0.874. The second-order valence-electron chi connectivity index (χ2n) is 8.06. The molecule has 6 heteroatoms. The number of anilines is 1. The quantitative estimate of drug-likeness (QED) is 0.485. The molecule has 0 saturated carbocycles. The molecule has 0 spiro atoms. The van der Waals surface area contributed by atoms with Gasteiger partial charge in [0.2, 0.25) is 5.88 Å². The number of benzene rings is 2. The maximum atomic E-state index is 12.5. The van der Waals surface area contributed by atoms with Crippen LogP contribution in [0.5, 0.6) is 5.75 Å². The first-order valence-corrected chi connectivity index (χ1v) is 10.3. The van der Waals surface area contributed by atoms with E-state index in [0.29, 0.717) is 11.5 Å². The zero-order chi connectivity index (χ0) is 21.9. The Morgan fingerprint density at radius 2 is 1.87 bits per heavy atom. The summed E-state index contributed by atoms with van der Waals surface area (Å²) in [6.45, 7) is 8.04. The van der Waals surface area contributed by atoms with Gasteiger partial charge in [0.05, 0.1) is 0 Å². The van der Waals surface area contributed by atoms with E-state index in [-0.39, 0.29) is 23.5 Å². The number of carbonyl (C=O) groups is 1. The van der Waals surface area contributed by atoms with Gasteiger partial charge in [-0.3, -0.25) is 10.1 Å². The Morgan fingerprint density at radius 1 is 1.17 bits per heavy atom. The van der Waals surface area contributed by atoms with E-state index >= 15 is 0 Å². The molecule has 0 radical (unpaired) electrons. The number of carbonyl (C=O) groups excluding carboxylic acids is 1. The van der Waals surface area contributed by atoms with Crippen LogP contribution in [0.25, 0.3) is 11.3 Å². The zero-order valence-corrected chi connectivity index (χ0v) is 19.0. The summed E-state index contributed by atoms with van der Waals surface area (Å²) >= 11 is 3.48. The maximum absolute atomic E-state index is 12.5. The molecule has 0 aliphatic rings. The molecule has 154 valence electrons. The van der Waals surface area contributed by atoms with Crippen LogP contribution in [0.3, 0.4) is 0 Å². The molecule has 1 heterocycles. The van der Waals surface area contributed by atoms with Crippen molar-refractivity contribution in [3.05, 3.63) is 69.7 Å². The molecule has 30 heavy (non-hydrogen) atoms. The van der Waals surface area contributed by atoms with Crippen molar-refractivity contribution in [2.24, 2.45) is 0 Å². The van der Waals surface area contributed by atoms with Gasteiger partial charge in [-0.25, -0.2) is 0 Å². The fraction of sp³-hybridized carbons (Fsp3) is 0.250. The summed E-state index contributed by atoms with van der Waals surface area (Å²) in [7, 11) is 0. The minimum absolute atomic E-state index is 0.119. The molecule has 0 fully saturated rings. The van der Waals surface area contributed by atoms with Gasteiger partial charge < -0.3 is 9.15 Å². The standard InChI is InChI=1S/C24H23BrN2O3/c1-15-5-7-16(8-6-15)21-11-17(13-26)23(30-21)27-22(28)14-29-20-10-9-18(25)12-19(20)24(2,3)4/h5-12H,14H2,1-4H3,(H,27,28). The number of nitrogens with zero attached hydrogens (tertiary/aromatic N) is 1. The summed E-state index contributed by atoms with van der Waals surface area (Å²) in [5, 5.41) is 12.0. The van der Waals surface area contributed by atoms with Gasteiger partial charge in [-0.05, 0) is 30.5 Å². The SMILES string of the molecule is Cc1ccc(-c2cc(C#N)c(NC(=O)COc3ccc(Br)cc3C(C)(C)C)o2)cc1. The molecule has 3 rings (SSSR count). The van der Waals surface area contributed by atoms with Crippen molar-refractivity contribution in [2.45, 2.75) is 33.1 Å². The van der Waals surface area contributed by atoms with Crippen LogP contribution in [0.4, 0.5) is 5.88 Å². The monoisotopic (exact) mass is 466 g/mol. The van der Waals surface area contributed by atoms with E-state index in [0.717, 1.165) is 21.2 Å². The summed E-state index contributed by atoms with van der Waals surface area (Å²) in [6.07, 6.45) is 0. The van der Waals surface area contributed by atoms with Crippen LogP contribution in [-0.4, -0.2) is 12.5 Å². The van der Waals surface area contributed by atoms with E-state index in [1.807, 2.05) is 49.4 Å². The number of nitrogens with one attached hydrogen (secondary N) is 1. The van der Waals surface area contributed by atoms with Crippen LogP contribution >= 0.6 is 15.9 Å². The maximum Gasteiger partial charge on any atom is 0.264 e. The van der Waals surface area contributed by atoms with Crippen molar-refractivity contribution < 1.29 is 13.9 Å². The van der Waals surface area contributed by atoms with Crippen LogP contribution in [-0.2, 0) is 10.2 Å². The third-order valence-corrected chi connectivity index (χ3v) is 5.04. The highest BCUT2D eigenvalue weighted by atomic mass is 79.9. The van der Waals surface area contributed by atoms with Crippen molar-refractivity contribution in [1.82, 2.24) is 0 Å². The van der Waals surface area contributed by atoms with Gasteiger partial charge >= 0.3 is 0 Å². The number of hydrogen-bond donors (Lipinski definition) is 1. The fourth-order valence-corrected chi connectivity index (χ4v) is 3.31. The van der Waals surface area contributed by atoms with Crippen molar-refractivity contribution in [1.29, 1.82) is 5.26 Å². The molecule has 3 aromatic rings. The van der Waals surface area contributed by atoms with Crippen molar-refractivity contribution in [3.63, 3.8) is 0 Å². The van der Waals surface area contributed by atoms with E-state index in [2.05, 4.69) is 48.1 Å². The number of hydrogen-bond acceptors (Lipinski definition) is 4. The van der Waals surface area contributed by atoms with Gasteiger partial charge in [0, 0.05) is 21.7 Å². The number of rotatable bonds is 5. The Morgan fingerprint density at radius 3 is 2.50 bits per heavy atom. The Hall–Kier alpha value is -3.04. The van der Waals surface area contributed by atoms with Crippen LogP contribution in [0.1, 0.15) is 37.5 Å². The van der Waals surface area contributed by atoms with Crippen molar-refractivity contribution >= 4 is 27.7 Å². The Bertz CT molecular complexity index is 1100. The topological polar surface area (TPSA) is 75.3 Å². The second kappa shape index (κ2) is 8.76. The van der Waals surface area contributed by atoms with Gasteiger partial charge in [-0.2, -0.15) is 5.26 Å². The largest absolute Gasteiger partial charge is 0.483 e. The van der Waals surface area contributed by atoms with E-state index in [9.17, 15) is 10.1 Å². The molecule has 0 atom stereocenters. The molecule has 1 amide bonds. The van der Waals surface area contributed by atoms with Gasteiger partial charge in [0.15, 0.2) is 6.61 Å². The molecular weight excluding hydrogens is 444 g/mol. The van der Waals surface area contributed by atoms with Gasteiger partial charge in [-0.1, -0.05) is 66.5 Å². The number of nitriles is 1. The lowest BCUT2D eigenvalue weighted by Crippen LogP contribution is -2.22. The first-order chi connectivity index (χ1) is 14.2. The first-order valence-electron chi connectivity index (χ1n) is 9.51.